The second kappa shape index (κ2) is 5.85. The second-order valence-corrected chi connectivity index (χ2v) is 5.90. The Labute approximate surface area is 138 Å². The van der Waals surface area contributed by atoms with Gasteiger partial charge in [0, 0.05) is 17.2 Å². The van der Waals surface area contributed by atoms with Gasteiger partial charge in [-0.15, -0.1) is 10.2 Å². The van der Waals surface area contributed by atoms with E-state index in [-0.39, 0.29) is 5.56 Å². The van der Waals surface area contributed by atoms with Crippen LogP contribution in [0, 0.1) is 6.92 Å². The van der Waals surface area contributed by atoms with Crippen molar-refractivity contribution in [1.82, 2.24) is 19.8 Å². The van der Waals surface area contributed by atoms with Crippen LogP contribution in [0.1, 0.15) is 16.8 Å². The summed E-state index contributed by atoms with van der Waals surface area (Å²) >= 11 is 0. The zero-order valence-corrected chi connectivity index (χ0v) is 13.3. The van der Waals surface area contributed by atoms with Crippen LogP contribution in [-0.2, 0) is 12.8 Å². The van der Waals surface area contributed by atoms with Crippen LogP contribution in [-0.4, -0.2) is 19.8 Å². The molecule has 0 N–H and O–H groups in total. The molecular formula is C19H16N4O. The molecule has 0 atom stereocenters. The van der Waals surface area contributed by atoms with Crippen molar-refractivity contribution in [2.24, 2.45) is 0 Å². The summed E-state index contributed by atoms with van der Waals surface area (Å²) in [6.07, 6.45) is 2.99. The predicted molar refractivity (Wildman–Crippen MR) is 93.1 cm³/mol. The average Bonchev–Trinajstić information content (AvgIpc) is 2.62. The van der Waals surface area contributed by atoms with Crippen molar-refractivity contribution in [3.05, 3.63) is 81.9 Å². The van der Waals surface area contributed by atoms with Gasteiger partial charge in [-0.05, 0) is 18.9 Å². The lowest BCUT2D eigenvalue weighted by Gasteiger charge is -2.05. The van der Waals surface area contributed by atoms with Gasteiger partial charge in [-0.3, -0.25) is 4.79 Å². The molecule has 0 spiro atoms. The second-order valence-electron chi connectivity index (χ2n) is 5.90. The fraction of sp³-hybridized carbons (Fsp3) is 0.158. The molecule has 0 fully saturated rings. The predicted octanol–water partition coefficient (Wildman–Crippen LogP) is 2.73. The molecule has 0 radical (unpaired) electrons. The quantitative estimate of drug-likeness (QED) is 0.545. The molecule has 2 aromatic heterocycles. The topological polar surface area (TPSA) is 60.1 Å². The van der Waals surface area contributed by atoms with E-state index in [1.165, 1.54) is 15.6 Å². The smallest absolute Gasteiger partial charge is 0.265 e. The molecule has 2 heterocycles. The maximum Gasteiger partial charge on any atom is 0.296 e. The summed E-state index contributed by atoms with van der Waals surface area (Å²) in [5.41, 5.74) is 3.14. The summed E-state index contributed by atoms with van der Waals surface area (Å²) in [4.78, 5) is 12.6. The summed E-state index contributed by atoms with van der Waals surface area (Å²) in [6.45, 7) is 2.06. The van der Waals surface area contributed by atoms with Crippen molar-refractivity contribution in [3.63, 3.8) is 0 Å². The third kappa shape index (κ3) is 2.54. The Morgan fingerprint density at radius 3 is 2.58 bits per heavy atom. The van der Waals surface area contributed by atoms with Crippen LogP contribution in [0.3, 0.4) is 0 Å². The van der Waals surface area contributed by atoms with Gasteiger partial charge < -0.3 is 0 Å². The lowest BCUT2D eigenvalue weighted by atomic mass is 10.1. The number of aryl methyl sites for hydroxylation is 3. The molecule has 5 heteroatoms. The molecule has 0 aliphatic carbocycles. The highest BCUT2D eigenvalue weighted by atomic mass is 16.1. The van der Waals surface area contributed by atoms with Crippen molar-refractivity contribution < 1.29 is 0 Å². The largest absolute Gasteiger partial charge is 0.296 e. The fourth-order valence-corrected chi connectivity index (χ4v) is 2.79. The zero-order chi connectivity index (χ0) is 16.5. The van der Waals surface area contributed by atoms with Crippen molar-refractivity contribution in [2.75, 3.05) is 0 Å². The molecule has 0 aliphatic rings. The lowest BCUT2D eigenvalue weighted by molar-refractivity contribution is 0.765. The SMILES string of the molecule is Cc1ccc(CCc2nnc3c4ccccc4cnn3c2=O)cc1. The van der Waals surface area contributed by atoms with E-state index in [1.54, 1.807) is 6.20 Å². The van der Waals surface area contributed by atoms with Gasteiger partial charge in [0.15, 0.2) is 5.65 Å². The standard InChI is InChI=1S/C19H16N4O/c1-13-6-8-14(9-7-13)10-11-17-19(24)23-18(22-21-17)16-5-3-2-4-15(16)12-20-23/h2-9,12H,10-11H2,1H3. The maximum atomic E-state index is 12.6. The zero-order valence-electron chi connectivity index (χ0n) is 13.3. The Morgan fingerprint density at radius 1 is 0.958 bits per heavy atom. The van der Waals surface area contributed by atoms with E-state index in [0.717, 1.165) is 17.2 Å². The molecule has 0 unspecified atom stereocenters. The van der Waals surface area contributed by atoms with Crippen LogP contribution in [0.2, 0.25) is 0 Å². The van der Waals surface area contributed by atoms with Crippen LogP contribution in [0.5, 0.6) is 0 Å². The summed E-state index contributed by atoms with van der Waals surface area (Å²) in [5.74, 6) is 0. The van der Waals surface area contributed by atoms with Crippen LogP contribution < -0.4 is 5.56 Å². The molecule has 0 bridgehead atoms. The van der Waals surface area contributed by atoms with Gasteiger partial charge in [0.1, 0.15) is 5.69 Å². The molecule has 0 saturated heterocycles. The van der Waals surface area contributed by atoms with Gasteiger partial charge in [0.05, 0.1) is 6.20 Å². The van der Waals surface area contributed by atoms with E-state index in [2.05, 4.69) is 46.5 Å². The first kappa shape index (κ1) is 14.5. The number of rotatable bonds is 3. The molecule has 0 aliphatic heterocycles. The molecule has 4 rings (SSSR count). The summed E-state index contributed by atoms with van der Waals surface area (Å²) in [6, 6.07) is 16.0. The van der Waals surface area contributed by atoms with Gasteiger partial charge in [0.25, 0.3) is 5.56 Å². The van der Waals surface area contributed by atoms with Crippen LogP contribution >= 0.6 is 0 Å². The van der Waals surface area contributed by atoms with E-state index < -0.39 is 0 Å². The molecule has 24 heavy (non-hydrogen) atoms. The Hall–Kier alpha value is -3.08. The third-order valence-electron chi connectivity index (χ3n) is 4.19. The molecule has 2 aromatic carbocycles. The molecule has 0 saturated carbocycles. The normalized spacial score (nSPS) is 11.2. The first-order valence-electron chi connectivity index (χ1n) is 7.90. The van der Waals surface area contributed by atoms with Crippen molar-refractivity contribution in [2.45, 2.75) is 19.8 Å². The minimum Gasteiger partial charge on any atom is -0.265 e. The molecule has 0 amide bonds. The number of fused-ring (bicyclic) bond motifs is 3. The van der Waals surface area contributed by atoms with Crippen molar-refractivity contribution in [3.8, 4) is 0 Å². The molecular weight excluding hydrogens is 300 g/mol. The summed E-state index contributed by atoms with van der Waals surface area (Å²) in [5, 5.41) is 14.5. The van der Waals surface area contributed by atoms with Crippen LogP contribution in [0.4, 0.5) is 0 Å². The first-order valence-corrected chi connectivity index (χ1v) is 7.90. The van der Waals surface area contributed by atoms with Crippen LogP contribution in [0.25, 0.3) is 16.4 Å². The maximum absolute atomic E-state index is 12.6. The first-order chi connectivity index (χ1) is 11.7. The number of aromatic nitrogens is 4. The van der Waals surface area contributed by atoms with Gasteiger partial charge >= 0.3 is 0 Å². The number of nitrogens with zero attached hydrogens (tertiary/aromatic N) is 4. The Bertz CT molecular complexity index is 1080. The van der Waals surface area contributed by atoms with E-state index in [9.17, 15) is 4.79 Å². The van der Waals surface area contributed by atoms with Crippen molar-refractivity contribution in [1.29, 1.82) is 0 Å². The van der Waals surface area contributed by atoms with Gasteiger partial charge in [0.2, 0.25) is 0 Å². The van der Waals surface area contributed by atoms with Crippen LogP contribution in [0.15, 0.2) is 59.5 Å². The summed E-state index contributed by atoms with van der Waals surface area (Å²) < 4.78 is 1.35. The Kier molecular flexibility index (Phi) is 3.54. The van der Waals surface area contributed by atoms with Gasteiger partial charge in [-0.2, -0.15) is 9.61 Å². The monoisotopic (exact) mass is 316 g/mol. The Balaban J connectivity index is 1.72. The molecule has 118 valence electrons. The van der Waals surface area contributed by atoms with Gasteiger partial charge in [-0.1, -0.05) is 54.1 Å². The highest BCUT2D eigenvalue weighted by Gasteiger charge is 2.10. The van der Waals surface area contributed by atoms with E-state index in [0.29, 0.717) is 17.8 Å². The third-order valence-corrected chi connectivity index (χ3v) is 4.19. The minimum absolute atomic E-state index is 0.196. The minimum atomic E-state index is -0.196. The van der Waals surface area contributed by atoms with Crippen molar-refractivity contribution >= 4 is 16.4 Å². The fourth-order valence-electron chi connectivity index (χ4n) is 2.79. The average molecular weight is 316 g/mol. The van der Waals surface area contributed by atoms with E-state index in [1.807, 2.05) is 24.3 Å². The number of hydrogen-bond acceptors (Lipinski definition) is 4. The Morgan fingerprint density at radius 2 is 1.75 bits per heavy atom. The highest BCUT2D eigenvalue weighted by molar-refractivity contribution is 5.92. The highest BCUT2D eigenvalue weighted by Crippen LogP contribution is 2.15. The van der Waals surface area contributed by atoms with Gasteiger partial charge in [-0.25, -0.2) is 0 Å². The number of hydrogen-bond donors (Lipinski definition) is 0. The number of benzene rings is 2. The van der Waals surface area contributed by atoms with E-state index in [4.69, 9.17) is 0 Å². The molecule has 5 nitrogen and oxygen atoms in total. The molecule has 4 aromatic rings. The lowest BCUT2D eigenvalue weighted by Crippen LogP contribution is -2.24. The van der Waals surface area contributed by atoms with E-state index >= 15 is 0 Å². The summed E-state index contributed by atoms with van der Waals surface area (Å²) in [7, 11) is 0.